The zero-order chi connectivity index (χ0) is 42.4. The van der Waals surface area contributed by atoms with Gasteiger partial charge in [-0.25, -0.2) is 0 Å². The van der Waals surface area contributed by atoms with E-state index in [1.807, 2.05) is 0 Å². The van der Waals surface area contributed by atoms with Crippen molar-refractivity contribution in [1.82, 2.24) is 0 Å². The zero-order valence-electron chi connectivity index (χ0n) is 40.2. The third kappa shape index (κ3) is 44.6. The van der Waals surface area contributed by atoms with Gasteiger partial charge in [0.05, 0.1) is 6.10 Å². The molecule has 0 aliphatic rings. The quantitative estimate of drug-likeness (QED) is 0.0377. The van der Waals surface area contributed by atoms with Crippen LogP contribution >= 0.6 is 0 Å². The summed E-state index contributed by atoms with van der Waals surface area (Å²) in [6, 6.07) is 0. The van der Waals surface area contributed by atoms with Gasteiger partial charge in [0.1, 0.15) is 0 Å². The van der Waals surface area contributed by atoms with E-state index in [1.54, 1.807) is 0 Å². The van der Waals surface area contributed by atoms with Crippen molar-refractivity contribution in [3.63, 3.8) is 0 Å². The third-order valence-corrected chi connectivity index (χ3v) is 12.9. The van der Waals surface area contributed by atoms with Gasteiger partial charge in [-0.3, -0.25) is 9.59 Å². The molecule has 346 valence electrons. The smallest absolute Gasteiger partial charge is 0.313 e. The van der Waals surface area contributed by atoms with Crippen LogP contribution in [0.1, 0.15) is 317 Å². The molecule has 0 saturated heterocycles. The lowest BCUT2D eigenvalue weighted by atomic mass is 9.87. The Morgan fingerprint density at radius 2 is 0.586 bits per heavy atom. The molecule has 0 aliphatic carbocycles. The first-order chi connectivity index (χ1) is 28.4. The summed E-state index contributed by atoms with van der Waals surface area (Å²) >= 11 is 0. The Balaban J connectivity index is 3.76. The van der Waals surface area contributed by atoms with Gasteiger partial charge >= 0.3 is 11.9 Å². The summed E-state index contributed by atoms with van der Waals surface area (Å²) in [6.45, 7) is 9.23. The molecule has 0 bridgehead atoms. The fourth-order valence-corrected chi connectivity index (χ4v) is 8.88. The lowest BCUT2D eigenvalue weighted by Crippen LogP contribution is -2.20. The van der Waals surface area contributed by atoms with Crippen molar-refractivity contribution in [2.24, 2.45) is 11.8 Å². The summed E-state index contributed by atoms with van der Waals surface area (Å²) in [7, 11) is 0. The van der Waals surface area contributed by atoms with E-state index < -0.39 is 0 Å². The van der Waals surface area contributed by atoms with Crippen LogP contribution < -0.4 is 0 Å². The molecule has 0 aromatic rings. The number of ether oxygens (including phenoxy) is 1. The Kier molecular flexibility index (Phi) is 46.4. The molecule has 4 nitrogen and oxygen atoms in total. The van der Waals surface area contributed by atoms with Crippen molar-refractivity contribution < 1.29 is 19.4 Å². The van der Waals surface area contributed by atoms with Crippen molar-refractivity contribution in [2.75, 3.05) is 0 Å². The molecular weight excluding hydrogens is 713 g/mol. The summed E-state index contributed by atoms with van der Waals surface area (Å²) in [5, 5.41) is 11.2. The van der Waals surface area contributed by atoms with Crippen LogP contribution in [0.5, 0.6) is 0 Å². The van der Waals surface area contributed by atoms with Crippen LogP contribution in [0.25, 0.3) is 0 Å². The number of aliphatic hydroxyl groups is 1. The molecule has 0 aromatic heterocycles. The Labute approximate surface area is 364 Å². The number of esters is 2. The lowest BCUT2D eigenvalue weighted by molar-refractivity contribution is -0.159. The summed E-state index contributed by atoms with van der Waals surface area (Å²) in [5.74, 6) is 0.676. The Morgan fingerprint density at radius 1 is 0.345 bits per heavy atom. The van der Waals surface area contributed by atoms with Gasteiger partial charge in [-0.05, 0) is 43.9 Å². The number of carbonyl (C=O) groups excluding carboxylic acids is 2. The van der Waals surface area contributed by atoms with Gasteiger partial charge in [0.2, 0.25) is 0 Å². The molecule has 2 atom stereocenters. The first-order valence-corrected chi connectivity index (χ1v) is 26.8. The van der Waals surface area contributed by atoms with E-state index in [2.05, 4.69) is 27.7 Å². The van der Waals surface area contributed by atoms with Crippen LogP contribution in [-0.4, -0.2) is 23.1 Å². The maximum Gasteiger partial charge on any atom is 0.313 e. The predicted octanol–water partition coefficient (Wildman–Crippen LogP) is 18.3. The molecule has 4 heteroatoms. The molecule has 0 saturated carbocycles. The summed E-state index contributed by atoms with van der Waals surface area (Å²) < 4.78 is 5.09. The van der Waals surface area contributed by atoms with Crippen molar-refractivity contribution in [3.8, 4) is 0 Å². The minimum Gasteiger partial charge on any atom is -0.393 e. The Bertz CT molecular complexity index is 824. The molecule has 0 spiro atoms. The van der Waals surface area contributed by atoms with Gasteiger partial charge in [0.25, 0.3) is 0 Å². The normalized spacial score (nSPS) is 12.7. The number of unbranched alkanes of at least 4 members (excludes halogenated alkanes) is 35. The van der Waals surface area contributed by atoms with Crippen LogP contribution in [-0.2, 0) is 14.3 Å². The van der Waals surface area contributed by atoms with E-state index >= 15 is 0 Å². The largest absolute Gasteiger partial charge is 0.393 e. The van der Waals surface area contributed by atoms with Crippen LogP contribution in [0.15, 0.2) is 0 Å². The molecule has 0 heterocycles. The van der Waals surface area contributed by atoms with Gasteiger partial charge in [0.15, 0.2) is 0 Å². The van der Waals surface area contributed by atoms with E-state index in [9.17, 15) is 14.7 Å². The highest BCUT2D eigenvalue weighted by molar-refractivity contribution is 5.85. The van der Waals surface area contributed by atoms with Gasteiger partial charge in [-0.2, -0.15) is 0 Å². The molecule has 0 rings (SSSR count). The molecule has 0 fully saturated rings. The lowest BCUT2D eigenvalue weighted by Gasteiger charge is -2.23. The van der Waals surface area contributed by atoms with E-state index in [-0.39, 0.29) is 18.0 Å². The van der Waals surface area contributed by atoms with Crippen molar-refractivity contribution >= 4 is 11.9 Å². The third-order valence-electron chi connectivity index (χ3n) is 12.9. The molecule has 0 radical (unpaired) electrons. The monoisotopic (exact) mass is 819 g/mol. The first-order valence-electron chi connectivity index (χ1n) is 26.8. The van der Waals surface area contributed by atoms with Gasteiger partial charge in [0, 0.05) is 12.8 Å². The fourth-order valence-electron chi connectivity index (χ4n) is 8.88. The predicted molar refractivity (Wildman–Crippen MR) is 255 cm³/mol. The molecule has 0 aromatic carbocycles. The maximum atomic E-state index is 12.1. The van der Waals surface area contributed by atoms with E-state index in [1.165, 1.54) is 238 Å². The summed E-state index contributed by atoms with van der Waals surface area (Å²) in [4.78, 5) is 24.2. The molecule has 0 aliphatic heterocycles. The Morgan fingerprint density at radius 3 is 0.897 bits per heavy atom. The van der Waals surface area contributed by atoms with Crippen LogP contribution in [0.2, 0.25) is 0 Å². The van der Waals surface area contributed by atoms with E-state index in [0.717, 1.165) is 44.4 Å². The van der Waals surface area contributed by atoms with Gasteiger partial charge in [-0.15, -0.1) is 0 Å². The van der Waals surface area contributed by atoms with E-state index in [0.29, 0.717) is 18.8 Å². The Hall–Kier alpha value is -0.900. The van der Waals surface area contributed by atoms with Crippen molar-refractivity contribution in [2.45, 2.75) is 323 Å². The molecule has 1 N–H and O–H groups in total. The number of rotatable bonds is 48. The molecule has 2 unspecified atom stereocenters. The first kappa shape index (κ1) is 57.1. The van der Waals surface area contributed by atoms with E-state index in [4.69, 9.17) is 4.74 Å². The van der Waals surface area contributed by atoms with Crippen molar-refractivity contribution in [1.29, 1.82) is 0 Å². The maximum absolute atomic E-state index is 12.1. The van der Waals surface area contributed by atoms with Crippen LogP contribution in [0.3, 0.4) is 0 Å². The summed E-state index contributed by atoms with van der Waals surface area (Å²) in [5.41, 5.74) is 0. The zero-order valence-corrected chi connectivity index (χ0v) is 40.2. The second-order valence-electron chi connectivity index (χ2n) is 19.3. The fraction of sp³-hybridized carbons (Fsp3) is 0.963. The van der Waals surface area contributed by atoms with Crippen molar-refractivity contribution in [3.05, 3.63) is 0 Å². The number of aliphatic hydroxyl groups excluding tert-OH is 1. The second kappa shape index (κ2) is 47.2. The van der Waals surface area contributed by atoms with Crippen LogP contribution in [0, 0.1) is 11.8 Å². The average Bonchev–Trinajstić information content (AvgIpc) is 3.20. The molecule has 0 amide bonds. The molecule has 58 heavy (non-hydrogen) atoms. The second-order valence-corrected chi connectivity index (χ2v) is 19.3. The topological polar surface area (TPSA) is 63.6 Å². The van der Waals surface area contributed by atoms with Crippen LogP contribution in [0.4, 0.5) is 0 Å². The summed E-state index contributed by atoms with van der Waals surface area (Å²) in [6.07, 6.45) is 55.9. The highest BCUT2D eigenvalue weighted by Gasteiger charge is 2.18. The highest BCUT2D eigenvalue weighted by Crippen LogP contribution is 2.26. The van der Waals surface area contributed by atoms with Gasteiger partial charge in [-0.1, -0.05) is 272 Å². The SMILES string of the molecule is CCCCCCCCCCCCCCCCCC(=O)OC(=O)CCCCCCCCCCC(CCCCCC)C(O)CCCCCCCCCCCCCCC(C)C. The number of hydrogen-bond donors (Lipinski definition) is 1. The number of hydrogen-bond acceptors (Lipinski definition) is 4. The number of carbonyl (C=O) groups is 2. The minimum atomic E-state index is -0.337. The molecular formula is C54H106O4. The standard InChI is InChI=1S/C54H106O4/c1-5-7-9-11-12-13-14-15-16-17-22-25-31-36-42-48-53(56)58-54(57)49-43-37-32-27-26-29-34-40-46-51(45-39-10-8-6-2)52(55)47-41-35-30-24-21-19-18-20-23-28-33-38-44-50(3)4/h50-52,55H,5-49H2,1-4H3. The minimum absolute atomic E-state index is 0.113. The van der Waals surface area contributed by atoms with Gasteiger partial charge < -0.3 is 9.84 Å². The average molecular weight is 819 g/mol. The highest BCUT2D eigenvalue weighted by atomic mass is 16.6.